The zero-order valence-electron chi connectivity index (χ0n) is 10.3. The molecule has 1 amide bonds. The van der Waals surface area contributed by atoms with Gasteiger partial charge in [-0.1, -0.05) is 31.5 Å². The van der Waals surface area contributed by atoms with Crippen molar-refractivity contribution in [3.05, 3.63) is 0 Å². The van der Waals surface area contributed by atoms with Crippen LogP contribution < -0.4 is 11.1 Å². The molecule has 96 valence electrons. The molecule has 17 heavy (non-hydrogen) atoms. The number of thiocarbonyl (C=S) groups is 1. The van der Waals surface area contributed by atoms with Gasteiger partial charge in [0, 0.05) is 18.4 Å². The lowest BCUT2D eigenvalue weighted by Gasteiger charge is -2.20. The molecule has 0 saturated heterocycles. The van der Waals surface area contributed by atoms with Crippen molar-refractivity contribution < 1.29 is 4.79 Å². The molecule has 0 aromatic heterocycles. The highest BCUT2D eigenvalue weighted by Gasteiger charge is 2.31. The summed E-state index contributed by atoms with van der Waals surface area (Å²) < 4.78 is 0. The summed E-state index contributed by atoms with van der Waals surface area (Å²) in [6.45, 7) is 0. The zero-order chi connectivity index (χ0) is 12.3. The summed E-state index contributed by atoms with van der Waals surface area (Å²) in [5, 5.41) is 3.13. The second-order valence-electron chi connectivity index (χ2n) is 5.47. The third-order valence-electron chi connectivity index (χ3n) is 4.18. The number of rotatable bonds is 4. The molecule has 0 aromatic rings. The summed E-state index contributed by atoms with van der Waals surface area (Å²) in [4.78, 5) is 12.5. The Bertz CT molecular complexity index is 300. The van der Waals surface area contributed by atoms with Crippen LogP contribution in [0.15, 0.2) is 0 Å². The highest BCUT2D eigenvalue weighted by Crippen LogP contribution is 2.29. The Morgan fingerprint density at radius 2 is 1.88 bits per heavy atom. The van der Waals surface area contributed by atoms with Gasteiger partial charge < -0.3 is 11.1 Å². The van der Waals surface area contributed by atoms with E-state index in [1.165, 1.54) is 25.7 Å². The van der Waals surface area contributed by atoms with Crippen LogP contribution in [0.1, 0.15) is 51.4 Å². The first-order valence-electron chi connectivity index (χ1n) is 6.75. The van der Waals surface area contributed by atoms with Crippen molar-refractivity contribution >= 4 is 23.1 Å². The number of carbonyl (C=O) groups is 1. The third kappa shape index (κ3) is 3.41. The molecule has 2 unspecified atom stereocenters. The largest absolute Gasteiger partial charge is 0.393 e. The van der Waals surface area contributed by atoms with E-state index in [9.17, 15) is 4.79 Å². The van der Waals surface area contributed by atoms with Crippen molar-refractivity contribution in [2.24, 2.45) is 17.6 Å². The first-order chi connectivity index (χ1) is 8.16. The maximum Gasteiger partial charge on any atom is 0.220 e. The van der Waals surface area contributed by atoms with Gasteiger partial charge in [0.25, 0.3) is 0 Å². The molecule has 4 heteroatoms. The lowest BCUT2D eigenvalue weighted by molar-refractivity contribution is -0.122. The van der Waals surface area contributed by atoms with Crippen LogP contribution in [0.4, 0.5) is 0 Å². The van der Waals surface area contributed by atoms with Gasteiger partial charge in [0.1, 0.15) is 0 Å². The molecule has 2 fully saturated rings. The lowest BCUT2D eigenvalue weighted by atomic mass is 10.0. The highest BCUT2D eigenvalue weighted by atomic mass is 32.1. The van der Waals surface area contributed by atoms with E-state index >= 15 is 0 Å². The second-order valence-corrected chi connectivity index (χ2v) is 5.94. The molecule has 0 aromatic carbocycles. The molecule has 3 nitrogen and oxygen atoms in total. The average Bonchev–Trinajstić information content (AvgIpc) is 2.88. The predicted octanol–water partition coefficient (Wildman–Crippen LogP) is 2.14. The Morgan fingerprint density at radius 3 is 2.53 bits per heavy atom. The Morgan fingerprint density at radius 1 is 1.18 bits per heavy atom. The maximum atomic E-state index is 11.9. The standard InChI is InChI=1S/C13H22N2OS/c14-13(17)10-6-3-7-11(10)15-12(16)8-9-4-1-2-5-9/h9-11H,1-8H2,(H2,14,17)(H,15,16). The summed E-state index contributed by atoms with van der Waals surface area (Å²) in [7, 11) is 0. The first kappa shape index (κ1) is 12.8. The highest BCUT2D eigenvalue weighted by molar-refractivity contribution is 7.80. The topological polar surface area (TPSA) is 55.1 Å². The molecule has 3 N–H and O–H groups in total. The fourth-order valence-electron chi connectivity index (χ4n) is 3.22. The zero-order valence-corrected chi connectivity index (χ0v) is 11.1. The SMILES string of the molecule is NC(=S)C1CCCC1NC(=O)CC1CCCC1. The molecule has 2 aliphatic carbocycles. The van der Waals surface area contributed by atoms with Crippen LogP contribution in [-0.4, -0.2) is 16.9 Å². The van der Waals surface area contributed by atoms with E-state index in [4.69, 9.17) is 18.0 Å². The van der Waals surface area contributed by atoms with Crippen molar-refractivity contribution in [3.63, 3.8) is 0 Å². The molecule has 2 rings (SSSR count). The molecular formula is C13H22N2OS. The fraction of sp³-hybridized carbons (Fsp3) is 0.846. The van der Waals surface area contributed by atoms with Crippen LogP contribution in [0.2, 0.25) is 0 Å². The predicted molar refractivity (Wildman–Crippen MR) is 72.6 cm³/mol. The maximum absolute atomic E-state index is 11.9. The number of amides is 1. The molecule has 2 saturated carbocycles. The summed E-state index contributed by atoms with van der Waals surface area (Å²) in [6, 6.07) is 0.196. The van der Waals surface area contributed by atoms with E-state index in [0.29, 0.717) is 17.3 Å². The average molecular weight is 254 g/mol. The molecule has 0 aliphatic heterocycles. The summed E-state index contributed by atoms with van der Waals surface area (Å²) >= 11 is 5.06. The monoisotopic (exact) mass is 254 g/mol. The van der Waals surface area contributed by atoms with E-state index in [-0.39, 0.29) is 17.9 Å². The quantitative estimate of drug-likeness (QED) is 0.756. The Balaban J connectivity index is 1.79. The van der Waals surface area contributed by atoms with E-state index in [1.54, 1.807) is 0 Å². The summed E-state index contributed by atoms with van der Waals surface area (Å²) in [6.07, 6.45) is 8.89. The van der Waals surface area contributed by atoms with Crippen molar-refractivity contribution in [2.45, 2.75) is 57.4 Å². The number of hydrogen-bond donors (Lipinski definition) is 2. The van der Waals surface area contributed by atoms with Crippen LogP contribution in [-0.2, 0) is 4.79 Å². The minimum atomic E-state index is 0.196. The molecule has 0 heterocycles. The minimum Gasteiger partial charge on any atom is -0.393 e. The molecular weight excluding hydrogens is 232 g/mol. The third-order valence-corrected chi connectivity index (χ3v) is 4.48. The molecule has 2 atom stereocenters. The molecule has 0 spiro atoms. The van der Waals surface area contributed by atoms with Crippen molar-refractivity contribution in [2.75, 3.05) is 0 Å². The Hall–Kier alpha value is -0.640. The molecule has 2 aliphatic rings. The molecule has 0 bridgehead atoms. The van der Waals surface area contributed by atoms with Gasteiger partial charge in [-0.2, -0.15) is 0 Å². The van der Waals surface area contributed by atoms with Crippen LogP contribution in [0.5, 0.6) is 0 Å². The summed E-state index contributed by atoms with van der Waals surface area (Å²) in [5.41, 5.74) is 5.71. The van der Waals surface area contributed by atoms with Gasteiger partial charge in [0.2, 0.25) is 5.91 Å². The van der Waals surface area contributed by atoms with Gasteiger partial charge in [0.05, 0.1) is 4.99 Å². The number of carbonyl (C=O) groups excluding carboxylic acids is 1. The Kier molecular flexibility index (Phi) is 4.37. The van der Waals surface area contributed by atoms with Gasteiger partial charge in [-0.3, -0.25) is 4.79 Å². The van der Waals surface area contributed by atoms with E-state index in [2.05, 4.69) is 5.32 Å². The number of nitrogens with two attached hydrogens (primary N) is 1. The number of nitrogens with one attached hydrogen (secondary N) is 1. The van der Waals surface area contributed by atoms with Gasteiger partial charge in [0.15, 0.2) is 0 Å². The van der Waals surface area contributed by atoms with Gasteiger partial charge in [-0.05, 0) is 31.6 Å². The van der Waals surface area contributed by atoms with E-state index in [1.807, 2.05) is 0 Å². The number of hydrogen-bond acceptors (Lipinski definition) is 2. The van der Waals surface area contributed by atoms with E-state index in [0.717, 1.165) is 19.3 Å². The van der Waals surface area contributed by atoms with Gasteiger partial charge in [-0.25, -0.2) is 0 Å². The summed E-state index contributed by atoms with van der Waals surface area (Å²) in [5.74, 6) is 1.03. The van der Waals surface area contributed by atoms with Crippen LogP contribution in [0.25, 0.3) is 0 Å². The second kappa shape index (κ2) is 5.80. The van der Waals surface area contributed by atoms with Crippen LogP contribution in [0.3, 0.4) is 0 Å². The minimum absolute atomic E-state index is 0.196. The van der Waals surface area contributed by atoms with Crippen molar-refractivity contribution in [1.82, 2.24) is 5.32 Å². The van der Waals surface area contributed by atoms with E-state index < -0.39 is 0 Å². The normalized spacial score (nSPS) is 29.4. The fourth-order valence-corrected chi connectivity index (χ4v) is 3.50. The van der Waals surface area contributed by atoms with Gasteiger partial charge in [-0.15, -0.1) is 0 Å². The smallest absolute Gasteiger partial charge is 0.220 e. The van der Waals surface area contributed by atoms with Crippen molar-refractivity contribution in [3.8, 4) is 0 Å². The van der Waals surface area contributed by atoms with Gasteiger partial charge >= 0.3 is 0 Å². The lowest BCUT2D eigenvalue weighted by Crippen LogP contribution is -2.42. The van der Waals surface area contributed by atoms with Crippen LogP contribution >= 0.6 is 12.2 Å². The first-order valence-corrected chi connectivity index (χ1v) is 7.16. The molecule has 0 radical (unpaired) electrons. The van der Waals surface area contributed by atoms with Crippen LogP contribution in [0, 0.1) is 11.8 Å². The Labute approximate surface area is 109 Å². The van der Waals surface area contributed by atoms with Crippen molar-refractivity contribution in [1.29, 1.82) is 0 Å².